The normalized spacial score (nSPS) is 13.1. The van der Waals surface area contributed by atoms with Gasteiger partial charge in [0.1, 0.15) is 5.82 Å². The fourth-order valence-corrected chi connectivity index (χ4v) is 1.86. The second-order valence-electron chi connectivity index (χ2n) is 4.37. The number of hydrogen-bond donors (Lipinski definition) is 1. The lowest BCUT2D eigenvalue weighted by Crippen LogP contribution is -2.29. The molecule has 90 valence electrons. The maximum atomic E-state index is 12.9. The quantitative estimate of drug-likeness (QED) is 0.795. The van der Waals surface area contributed by atoms with Gasteiger partial charge in [0.2, 0.25) is 0 Å². The summed E-state index contributed by atoms with van der Waals surface area (Å²) in [5.41, 5.74) is 0.916. The van der Waals surface area contributed by atoms with Crippen LogP contribution in [-0.4, -0.2) is 37.1 Å². The van der Waals surface area contributed by atoms with E-state index in [4.69, 9.17) is 0 Å². The number of halogens is 1. The van der Waals surface area contributed by atoms with Gasteiger partial charge in [-0.2, -0.15) is 0 Å². The molecule has 0 aliphatic heterocycles. The van der Waals surface area contributed by atoms with Crippen LogP contribution in [0.2, 0.25) is 0 Å². The van der Waals surface area contributed by atoms with Crippen LogP contribution in [-0.2, 0) is 6.54 Å². The van der Waals surface area contributed by atoms with Gasteiger partial charge in [-0.3, -0.25) is 4.98 Å². The molecule has 0 aliphatic rings. The summed E-state index contributed by atoms with van der Waals surface area (Å²) in [6, 6.07) is 1.53. The molecule has 0 radical (unpaired) electrons. The molecule has 0 aromatic carbocycles. The first-order valence-corrected chi connectivity index (χ1v) is 5.54. The van der Waals surface area contributed by atoms with Gasteiger partial charge in [0, 0.05) is 19.3 Å². The molecule has 1 atom stereocenters. The standard InChI is InChI=1S/C12H20FN3/c1-10(5-14-2)8-16(3)9-11-4-12(13)7-15-6-11/h4,6-7,10,14H,5,8-9H2,1-3H3. The number of hydrogen-bond acceptors (Lipinski definition) is 3. The predicted octanol–water partition coefficient (Wildman–Crippen LogP) is 1.51. The molecule has 4 heteroatoms. The summed E-state index contributed by atoms with van der Waals surface area (Å²) >= 11 is 0. The first kappa shape index (κ1) is 13.1. The van der Waals surface area contributed by atoms with Crippen molar-refractivity contribution in [2.24, 2.45) is 5.92 Å². The summed E-state index contributed by atoms with van der Waals surface area (Å²) < 4.78 is 12.9. The Bertz CT molecular complexity index is 317. The highest BCUT2D eigenvalue weighted by molar-refractivity contribution is 5.09. The molecule has 1 N–H and O–H groups in total. The summed E-state index contributed by atoms with van der Waals surface area (Å²) in [6.45, 7) is 4.90. The van der Waals surface area contributed by atoms with Crippen LogP contribution in [0.15, 0.2) is 18.5 Å². The van der Waals surface area contributed by atoms with Gasteiger partial charge in [-0.1, -0.05) is 6.92 Å². The SMILES string of the molecule is CNCC(C)CN(C)Cc1cncc(F)c1. The van der Waals surface area contributed by atoms with Crippen molar-refractivity contribution in [2.45, 2.75) is 13.5 Å². The third-order valence-electron chi connectivity index (χ3n) is 2.39. The Morgan fingerprint density at radius 2 is 2.25 bits per heavy atom. The van der Waals surface area contributed by atoms with Gasteiger partial charge in [-0.15, -0.1) is 0 Å². The second kappa shape index (κ2) is 6.55. The highest BCUT2D eigenvalue weighted by Gasteiger charge is 2.06. The van der Waals surface area contributed by atoms with Crippen LogP contribution >= 0.6 is 0 Å². The maximum absolute atomic E-state index is 12.9. The van der Waals surface area contributed by atoms with E-state index in [0.29, 0.717) is 5.92 Å². The summed E-state index contributed by atoms with van der Waals surface area (Å²) in [5.74, 6) is 0.311. The molecule has 16 heavy (non-hydrogen) atoms. The molecule has 0 amide bonds. The molecular formula is C12H20FN3. The summed E-state index contributed by atoms with van der Waals surface area (Å²) in [6.07, 6.45) is 2.94. The number of nitrogens with one attached hydrogen (secondary N) is 1. The Morgan fingerprint density at radius 3 is 2.88 bits per heavy atom. The Balaban J connectivity index is 2.42. The van der Waals surface area contributed by atoms with Crippen LogP contribution in [0.1, 0.15) is 12.5 Å². The Morgan fingerprint density at radius 1 is 1.50 bits per heavy atom. The van der Waals surface area contributed by atoms with Gasteiger partial charge < -0.3 is 10.2 Å². The minimum absolute atomic E-state index is 0.269. The van der Waals surface area contributed by atoms with Crippen LogP contribution < -0.4 is 5.32 Å². The third-order valence-corrected chi connectivity index (χ3v) is 2.39. The van der Waals surface area contributed by atoms with E-state index >= 15 is 0 Å². The minimum Gasteiger partial charge on any atom is -0.319 e. The first-order valence-electron chi connectivity index (χ1n) is 5.54. The molecule has 1 rings (SSSR count). The molecule has 0 aliphatic carbocycles. The first-order chi connectivity index (χ1) is 7.61. The van der Waals surface area contributed by atoms with E-state index in [9.17, 15) is 4.39 Å². The molecule has 0 saturated carbocycles. The second-order valence-corrected chi connectivity index (χ2v) is 4.37. The van der Waals surface area contributed by atoms with E-state index in [1.54, 1.807) is 6.20 Å². The maximum Gasteiger partial charge on any atom is 0.141 e. The molecule has 0 bridgehead atoms. The Hall–Kier alpha value is -1.00. The van der Waals surface area contributed by atoms with Crippen LogP contribution in [0.3, 0.4) is 0 Å². The van der Waals surface area contributed by atoms with Crippen LogP contribution in [0.4, 0.5) is 4.39 Å². The molecule has 0 spiro atoms. The number of pyridine rings is 1. The average molecular weight is 225 g/mol. The van der Waals surface area contributed by atoms with E-state index < -0.39 is 0 Å². The zero-order valence-corrected chi connectivity index (χ0v) is 10.2. The zero-order valence-electron chi connectivity index (χ0n) is 10.2. The van der Waals surface area contributed by atoms with Crippen molar-refractivity contribution in [2.75, 3.05) is 27.2 Å². The molecule has 1 unspecified atom stereocenters. The van der Waals surface area contributed by atoms with Crippen molar-refractivity contribution >= 4 is 0 Å². The zero-order chi connectivity index (χ0) is 12.0. The van der Waals surface area contributed by atoms with Crippen molar-refractivity contribution in [3.8, 4) is 0 Å². The van der Waals surface area contributed by atoms with Crippen molar-refractivity contribution in [1.82, 2.24) is 15.2 Å². The lowest BCUT2D eigenvalue weighted by Gasteiger charge is -2.21. The van der Waals surface area contributed by atoms with Crippen molar-refractivity contribution in [1.29, 1.82) is 0 Å². The molecule has 1 heterocycles. The van der Waals surface area contributed by atoms with E-state index in [1.165, 1.54) is 12.3 Å². The third kappa shape index (κ3) is 4.68. The van der Waals surface area contributed by atoms with Gasteiger partial charge in [0.15, 0.2) is 0 Å². The number of rotatable bonds is 6. The smallest absolute Gasteiger partial charge is 0.141 e. The van der Waals surface area contributed by atoms with Crippen molar-refractivity contribution in [3.63, 3.8) is 0 Å². The molecule has 0 saturated heterocycles. The van der Waals surface area contributed by atoms with Crippen LogP contribution in [0, 0.1) is 11.7 Å². The fourth-order valence-electron chi connectivity index (χ4n) is 1.86. The van der Waals surface area contributed by atoms with Crippen LogP contribution in [0.5, 0.6) is 0 Å². The molecule has 1 aromatic rings. The van der Waals surface area contributed by atoms with E-state index in [2.05, 4.69) is 22.1 Å². The van der Waals surface area contributed by atoms with Crippen molar-refractivity contribution in [3.05, 3.63) is 29.8 Å². The van der Waals surface area contributed by atoms with Gasteiger partial charge in [0.05, 0.1) is 6.20 Å². The van der Waals surface area contributed by atoms with E-state index in [1.807, 2.05) is 14.1 Å². The molecule has 0 fully saturated rings. The van der Waals surface area contributed by atoms with Gasteiger partial charge in [-0.05, 0) is 38.2 Å². The molecule has 3 nitrogen and oxygen atoms in total. The summed E-state index contributed by atoms with van der Waals surface area (Å²) in [7, 11) is 3.99. The lowest BCUT2D eigenvalue weighted by molar-refractivity contribution is 0.276. The Labute approximate surface area is 96.7 Å². The van der Waals surface area contributed by atoms with Crippen LogP contribution in [0.25, 0.3) is 0 Å². The fraction of sp³-hybridized carbons (Fsp3) is 0.583. The van der Waals surface area contributed by atoms with Crippen molar-refractivity contribution < 1.29 is 4.39 Å². The molecule has 1 aromatic heterocycles. The van der Waals surface area contributed by atoms with Gasteiger partial charge >= 0.3 is 0 Å². The number of aromatic nitrogens is 1. The topological polar surface area (TPSA) is 28.2 Å². The van der Waals surface area contributed by atoms with Gasteiger partial charge in [0.25, 0.3) is 0 Å². The highest BCUT2D eigenvalue weighted by atomic mass is 19.1. The predicted molar refractivity (Wildman–Crippen MR) is 63.6 cm³/mol. The van der Waals surface area contributed by atoms with Gasteiger partial charge in [-0.25, -0.2) is 4.39 Å². The molecular weight excluding hydrogens is 205 g/mol. The summed E-state index contributed by atoms with van der Waals surface area (Å²) in [4.78, 5) is 6.02. The average Bonchev–Trinajstić information content (AvgIpc) is 2.17. The number of nitrogens with zero attached hydrogens (tertiary/aromatic N) is 2. The lowest BCUT2D eigenvalue weighted by atomic mass is 10.1. The highest BCUT2D eigenvalue weighted by Crippen LogP contribution is 2.05. The summed E-state index contributed by atoms with van der Waals surface area (Å²) in [5, 5.41) is 3.15. The monoisotopic (exact) mass is 225 g/mol. The Kier molecular flexibility index (Phi) is 5.35. The largest absolute Gasteiger partial charge is 0.319 e. The van der Waals surface area contributed by atoms with E-state index in [0.717, 1.165) is 25.2 Å². The van der Waals surface area contributed by atoms with E-state index in [-0.39, 0.29) is 5.82 Å². The minimum atomic E-state index is -0.269.